The first kappa shape index (κ1) is 31.6. The average Bonchev–Trinajstić information content (AvgIpc) is 3.64. The number of hydrogen-bond donors (Lipinski definition) is 1. The lowest BCUT2D eigenvalue weighted by molar-refractivity contribution is -0.169. The Bertz CT molecular complexity index is 1760. The molecule has 46 heavy (non-hydrogen) atoms. The summed E-state index contributed by atoms with van der Waals surface area (Å²) < 4.78 is 30.2. The van der Waals surface area contributed by atoms with E-state index in [4.69, 9.17) is 36.1 Å². The first-order valence-electron chi connectivity index (χ1n) is 16.2. The van der Waals surface area contributed by atoms with Crippen LogP contribution in [0.25, 0.3) is 16.8 Å². The van der Waals surface area contributed by atoms with Crippen molar-refractivity contribution in [3.8, 4) is 11.3 Å². The van der Waals surface area contributed by atoms with Crippen molar-refractivity contribution in [2.75, 3.05) is 24.6 Å². The Labute approximate surface area is 277 Å². The first-order valence-corrected chi connectivity index (χ1v) is 17.8. The smallest absolute Gasteiger partial charge is 0.158 e. The zero-order valence-electron chi connectivity index (χ0n) is 27.0. The summed E-state index contributed by atoms with van der Waals surface area (Å²) in [6.07, 6.45) is 11.0. The lowest BCUT2D eigenvalue weighted by Gasteiger charge is -2.44. The summed E-state index contributed by atoms with van der Waals surface area (Å²) in [7, 11) is -1.20. The van der Waals surface area contributed by atoms with Crippen LogP contribution in [0.2, 0.25) is 5.02 Å². The third-order valence-electron chi connectivity index (χ3n) is 9.67. The maximum atomic E-state index is 13.3. The molecule has 0 amide bonds. The van der Waals surface area contributed by atoms with E-state index in [9.17, 15) is 4.21 Å². The van der Waals surface area contributed by atoms with Gasteiger partial charge in [0.25, 0.3) is 0 Å². The van der Waals surface area contributed by atoms with Crippen LogP contribution in [0, 0.1) is 12.3 Å². The molecule has 0 saturated carbocycles. The van der Waals surface area contributed by atoms with E-state index in [2.05, 4.69) is 20.7 Å². The highest BCUT2D eigenvalue weighted by atomic mass is 35.5. The summed E-state index contributed by atoms with van der Waals surface area (Å²) in [5.74, 6) is 0.910. The predicted octanol–water partition coefficient (Wildman–Crippen LogP) is 6.13. The van der Waals surface area contributed by atoms with Crippen LogP contribution in [0.4, 0.5) is 5.82 Å². The molecule has 0 aromatic carbocycles. The SMILES string of the molecule is Cc1nc(N2CCC3(CC2)Cc2ncccc2[C@H]3NS(=O)C(C)(C)C)c2ccnn2c1-c1ccnc(COC2CCCCO2)c1Cl. The molecule has 244 valence electrons. The number of aromatic nitrogens is 5. The van der Waals surface area contributed by atoms with Gasteiger partial charge in [-0.3, -0.25) is 9.97 Å². The normalized spacial score (nSPS) is 22.0. The van der Waals surface area contributed by atoms with Crippen LogP contribution < -0.4 is 9.62 Å². The largest absolute Gasteiger partial charge is 0.355 e. The Balaban J connectivity index is 1.15. The molecule has 1 spiro atoms. The molecule has 4 aromatic heterocycles. The van der Waals surface area contributed by atoms with Crippen molar-refractivity contribution < 1.29 is 13.7 Å². The fourth-order valence-electron chi connectivity index (χ4n) is 7.13. The lowest BCUT2D eigenvalue weighted by Crippen LogP contribution is -2.48. The topological polar surface area (TPSA) is 107 Å². The third-order valence-corrected chi connectivity index (χ3v) is 11.7. The highest BCUT2D eigenvalue weighted by molar-refractivity contribution is 7.84. The molecule has 0 bridgehead atoms. The second kappa shape index (κ2) is 12.6. The van der Waals surface area contributed by atoms with Crippen LogP contribution in [0.1, 0.15) is 81.6 Å². The third kappa shape index (κ3) is 5.85. The minimum Gasteiger partial charge on any atom is -0.355 e. The zero-order chi connectivity index (χ0) is 32.1. The van der Waals surface area contributed by atoms with Gasteiger partial charge >= 0.3 is 0 Å². The molecule has 0 radical (unpaired) electrons. The number of pyridine rings is 2. The van der Waals surface area contributed by atoms with Crippen LogP contribution in [0.3, 0.4) is 0 Å². The molecule has 1 aliphatic carbocycles. The lowest BCUT2D eigenvalue weighted by atomic mass is 9.73. The number of nitrogens with one attached hydrogen (secondary N) is 1. The van der Waals surface area contributed by atoms with Crippen LogP contribution in [-0.2, 0) is 33.5 Å². The van der Waals surface area contributed by atoms with Crippen molar-refractivity contribution in [2.45, 2.75) is 89.9 Å². The van der Waals surface area contributed by atoms with E-state index in [1.165, 1.54) is 5.56 Å². The predicted molar refractivity (Wildman–Crippen MR) is 180 cm³/mol. The fraction of sp³-hybridized carbons (Fsp3) is 0.529. The summed E-state index contributed by atoms with van der Waals surface area (Å²) in [6.45, 7) is 10.7. The van der Waals surface area contributed by atoms with Crippen molar-refractivity contribution in [1.29, 1.82) is 0 Å². The van der Waals surface area contributed by atoms with Gasteiger partial charge < -0.3 is 14.4 Å². The Morgan fingerprint density at radius 3 is 2.72 bits per heavy atom. The molecule has 3 aliphatic rings. The summed E-state index contributed by atoms with van der Waals surface area (Å²) in [6, 6.07) is 8.05. The van der Waals surface area contributed by atoms with Crippen molar-refractivity contribution in [3.05, 3.63) is 70.5 Å². The Morgan fingerprint density at radius 2 is 1.96 bits per heavy atom. The Morgan fingerprint density at radius 1 is 1.13 bits per heavy atom. The van der Waals surface area contributed by atoms with Gasteiger partial charge in [-0.15, -0.1) is 0 Å². The van der Waals surface area contributed by atoms with E-state index in [1.54, 1.807) is 6.20 Å². The Kier molecular flexibility index (Phi) is 8.65. The van der Waals surface area contributed by atoms with Gasteiger partial charge in [-0.2, -0.15) is 5.10 Å². The van der Waals surface area contributed by atoms with E-state index in [1.807, 2.05) is 62.8 Å². The molecular formula is C34H42ClN7O3S. The van der Waals surface area contributed by atoms with E-state index in [0.29, 0.717) is 10.7 Å². The van der Waals surface area contributed by atoms with Gasteiger partial charge in [-0.25, -0.2) is 18.4 Å². The standard InChI is InChI=1S/C34H42ClN7O3S/c1-22-30(24-10-15-37-26(29(24)35)21-45-28-9-5-6-19-44-28)42-27(11-16-38-42)32(39-22)41-17-12-34(13-18-41)20-25-23(8-7-14-36-25)31(34)40-46(43)33(2,3)4/h7-8,10-11,14-16,28,31,40H,5-6,9,12-13,17-21H2,1-4H3/t28?,31-,46?/m1/s1. The minimum absolute atomic E-state index is 0.0119. The number of piperidine rings is 1. The highest BCUT2D eigenvalue weighted by Crippen LogP contribution is 2.52. The number of nitrogens with zero attached hydrogens (tertiary/aromatic N) is 6. The van der Waals surface area contributed by atoms with Gasteiger partial charge in [0.1, 0.15) is 5.52 Å². The van der Waals surface area contributed by atoms with Gasteiger partial charge in [-0.1, -0.05) is 17.7 Å². The molecule has 6 heterocycles. The minimum atomic E-state index is -1.20. The maximum absolute atomic E-state index is 13.3. The Hall–Kier alpha value is -2.96. The highest BCUT2D eigenvalue weighted by Gasteiger charge is 2.49. The van der Waals surface area contributed by atoms with Gasteiger partial charge in [0, 0.05) is 43.3 Å². The van der Waals surface area contributed by atoms with Crippen molar-refractivity contribution >= 4 is 33.9 Å². The summed E-state index contributed by atoms with van der Waals surface area (Å²) in [5, 5.41) is 5.27. The number of ether oxygens (including phenoxy) is 2. The van der Waals surface area contributed by atoms with Crippen molar-refractivity contribution in [3.63, 3.8) is 0 Å². The van der Waals surface area contributed by atoms with E-state index in [-0.39, 0.29) is 29.1 Å². The molecule has 3 atom stereocenters. The van der Waals surface area contributed by atoms with Gasteiger partial charge in [-0.05, 0) is 95.4 Å². The van der Waals surface area contributed by atoms with Crippen LogP contribution in [0.15, 0.2) is 42.9 Å². The molecule has 2 unspecified atom stereocenters. The molecule has 7 rings (SSSR count). The molecule has 1 N–H and O–H groups in total. The summed E-state index contributed by atoms with van der Waals surface area (Å²) in [5.41, 5.74) is 6.31. The van der Waals surface area contributed by atoms with Crippen LogP contribution in [-0.4, -0.2) is 59.5 Å². The second-order valence-electron chi connectivity index (χ2n) is 13.7. The average molecular weight is 664 g/mol. The zero-order valence-corrected chi connectivity index (χ0v) is 28.5. The fourth-order valence-corrected chi connectivity index (χ4v) is 8.33. The molecule has 2 aliphatic heterocycles. The number of halogens is 1. The van der Waals surface area contributed by atoms with Gasteiger partial charge in [0.15, 0.2) is 12.1 Å². The van der Waals surface area contributed by atoms with Gasteiger partial charge in [0.05, 0.1) is 56.7 Å². The van der Waals surface area contributed by atoms with Crippen molar-refractivity contribution in [1.82, 2.24) is 29.3 Å². The number of hydrogen-bond acceptors (Lipinski definition) is 8. The molecule has 2 fully saturated rings. The number of fused-ring (bicyclic) bond motifs is 2. The quantitative estimate of drug-likeness (QED) is 0.252. The van der Waals surface area contributed by atoms with Crippen molar-refractivity contribution in [2.24, 2.45) is 5.41 Å². The molecule has 2 saturated heterocycles. The van der Waals surface area contributed by atoms with E-state index in [0.717, 1.165) is 92.2 Å². The summed E-state index contributed by atoms with van der Waals surface area (Å²) >= 11 is 6.98. The number of rotatable bonds is 7. The maximum Gasteiger partial charge on any atom is 0.158 e. The molecular weight excluding hydrogens is 622 g/mol. The van der Waals surface area contributed by atoms with Crippen LogP contribution in [0.5, 0.6) is 0 Å². The first-order chi connectivity index (χ1) is 22.1. The molecule has 12 heteroatoms. The molecule has 10 nitrogen and oxygen atoms in total. The van der Waals surface area contributed by atoms with Crippen LogP contribution >= 0.6 is 11.6 Å². The second-order valence-corrected chi connectivity index (χ2v) is 16.1. The monoisotopic (exact) mass is 663 g/mol. The van der Waals surface area contributed by atoms with E-state index >= 15 is 0 Å². The molecule has 4 aromatic rings. The number of aryl methyl sites for hydroxylation is 1. The summed E-state index contributed by atoms with van der Waals surface area (Å²) in [4.78, 5) is 16.8. The van der Waals surface area contributed by atoms with E-state index < -0.39 is 11.0 Å². The number of anilines is 1. The van der Waals surface area contributed by atoms with Gasteiger partial charge in [0.2, 0.25) is 0 Å².